The summed E-state index contributed by atoms with van der Waals surface area (Å²) in [6.45, 7) is 4.01. The Bertz CT molecular complexity index is 626. The second-order valence-electron chi connectivity index (χ2n) is 7.10. The van der Waals surface area contributed by atoms with E-state index in [2.05, 4.69) is 24.9 Å². The minimum Gasteiger partial charge on any atom is -0.468 e. The van der Waals surface area contributed by atoms with Gasteiger partial charge in [0, 0.05) is 31.9 Å². The van der Waals surface area contributed by atoms with E-state index in [0.29, 0.717) is 12.0 Å². The van der Waals surface area contributed by atoms with Crippen LogP contribution in [0.5, 0.6) is 5.88 Å². The lowest BCUT2D eigenvalue weighted by atomic mass is 9.68. The van der Waals surface area contributed by atoms with Crippen molar-refractivity contribution in [1.82, 2.24) is 15.2 Å². The maximum atomic E-state index is 12.2. The van der Waals surface area contributed by atoms with Crippen molar-refractivity contribution in [2.24, 2.45) is 10.4 Å². The summed E-state index contributed by atoms with van der Waals surface area (Å²) in [6, 6.07) is 3.14. The van der Waals surface area contributed by atoms with E-state index in [4.69, 9.17) is 0 Å². The first-order chi connectivity index (χ1) is 12.4. The van der Waals surface area contributed by atoms with Gasteiger partial charge >= 0.3 is 6.18 Å². The lowest BCUT2D eigenvalue weighted by Gasteiger charge is -2.38. The van der Waals surface area contributed by atoms with Crippen molar-refractivity contribution >= 4 is 5.96 Å². The first kappa shape index (κ1) is 18.8. The molecule has 0 amide bonds. The molecule has 0 atom stereocenters. The van der Waals surface area contributed by atoms with Crippen LogP contribution in [0.2, 0.25) is 0 Å². The number of alkyl halides is 3. The molecule has 2 heterocycles. The van der Waals surface area contributed by atoms with Crippen LogP contribution in [0, 0.1) is 5.41 Å². The van der Waals surface area contributed by atoms with Crippen LogP contribution in [0.4, 0.5) is 13.2 Å². The zero-order valence-electron chi connectivity index (χ0n) is 15.0. The molecular weight excluding hydrogens is 345 g/mol. The molecule has 0 bridgehead atoms. The van der Waals surface area contributed by atoms with Gasteiger partial charge in [0.2, 0.25) is 5.88 Å². The third kappa shape index (κ3) is 4.80. The lowest BCUT2D eigenvalue weighted by molar-refractivity contribution is -0.154. The molecule has 1 aromatic rings. The molecule has 1 aromatic heterocycles. The summed E-state index contributed by atoms with van der Waals surface area (Å²) in [7, 11) is 0. The maximum absolute atomic E-state index is 12.2. The Labute approximate surface area is 151 Å². The van der Waals surface area contributed by atoms with Crippen LogP contribution in [0.25, 0.3) is 0 Å². The zero-order chi connectivity index (χ0) is 18.6. The highest BCUT2D eigenvalue weighted by Gasteiger charge is 2.43. The maximum Gasteiger partial charge on any atom is 0.422 e. The monoisotopic (exact) mass is 370 g/mol. The minimum atomic E-state index is -4.36. The predicted octanol–water partition coefficient (Wildman–Crippen LogP) is 3.36. The summed E-state index contributed by atoms with van der Waals surface area (Å²) in [5, 5.41) is 3.33. The van der Waals surface area contributed by atoms with Crippen molar-refractivity contribution in [2.45, 2.75) is 45.3 Å². The number of halogens is 3. The van der Waals surface area contributed by atoms with Crippen LogP contribution in [-0.4, -0.2) is 48.3 Å². The summed E-state index contributed by atoms with van der Waals surface area (Å²) in [4.78, 5) is 10.9. The van der Waals surface area contributed by atoms with Gasteiger partial charge in [0.25, 0.3) is 0 Å². The highest BCUT2D eigenvalue weighted by Crippen LogP contribution is 2.47. The summed E-state index contributed by atoms with van der Waals surface area (Å²) in [6.07, 6.45) is 2.33. The Kier molecular flexibility index (Phi) is 5.58. The Balaban J connectivity index is 1.57. The van der Waals surface area contributed by atoms with Crippen molar-refractivity contribution < 1.29 is 17.9 Å². The molecule has 1 aliphatic heterocycles. The number of ether oxygens (including phenoxy) is 1. The number of pyridine rings is 1. The second-order valence-corrected chi connectivity index (χ2v) is 7.10. The molecule has 1 N–H and O–H groups in total. The summed E-state index contributed by atoms with van der Waals surface area (Å²) >= 11 is 0. The zero-order valence-corrected chi connectivity index (χ0v) is 15.0. The molecule has 26 heavy (non-hydrogen) atoms. The van der Waals surface area contributed by atoms with E-state index in [1.807, 2.05) is 6.92 Å². The second kappa shape index (κ2) is 7.72. The van der Waals surface area contributed by atoms with Crippen molar-refractivity contribution in [3.05, 3.63) is 23.9 Å². The summed E-state index contributed by atoms with van der Waals surface area (Å²) in [5.74, 6) is 0.863. The number of nitrogens with one attached hydrogen (secondary N) is 1. The molecule has 3 rings (SSSR count). The van der Waals surface area contributed by atoms with Gasteiger partial charge in [-0.2, -0.15) is 13.2 Å². The number of nitrogens with zero attached hydrogens (tertiary/aromatic N) is 3. The average molecular weight is 370 g/mol. The van der Waals surface area contributed by atoms with Crippen LogP contribution < -0.4 is 10.1 Å². The van der Waals surface area contributed by atoms with Crippen LogP contribution in [0.15, 0.2) is 23.3 Å². The first-order valence-electron chi connectivity index (χ1n) is 9.07. The highest BCUT2D eigenvalue weighted by molar-refractivity contribution is 5.80. The Morgan fingerprint density at radius 3 is 2.69 bits per heavy atom. The standard InChI is InChI=1S/C18H25F3N4O/c1-2-22-16(25-9-8-17(12-25)6-3-7-17)24-11-14-4-5-15(23-10-14)26-13-18(19,20)21/h4-5,10H,2-3,6-9,11-13H2,1H3,(H,22,24). The number of rotatable bonds is 5. The van der Waals surface area contributed by atoms with Crippen LogP contribution in [0.3, 0.4) is 0 Å². The molecule has 1 saturated heterocycles. The number of guanidine groups is 1. The molecule has 8 heteroatoms. The Morgan fingerprint density at radius 2 is 2.15 bits per heavy atom. The van der Waals surface area contributed by atoms with E-state index in [-0.39, 0.29) is 5.88 Å². The third-order valence-electron chi connectivity index (χ3n) is 5.08. The quantitative estimate of drug-likeness (QED) is 0.638. The fourth-order valence-electron chi connectivity index (χ4n) is 3.54. The topological polar surface area (TPSA) is 49.8 Å². The van der Waals surface area contributed by atoms with Crippen molar-refractivity contribution in [1.29, 1.82) is 0 Å². The van der Waals surface area contributed by atoms with E-state index in [9.17, 15) is 13.2 Å². The normalized spacial score (nSPS) is 19.5. The van der Waals surface area contributed by atoms with E-state index in [1.165, 1.54) is 37.9 Å². The summed E-state index contributed by atoms with van der Waals surface area (Å²) in [5.41, 5.74) is 1.33. The molecular formula is C18H25F3N4O. The molecule has 2 aliphatic rings. The SMILES string of the molecule is CCNC(=NCc1ccc(OCC(F)(F)F)nc1)N1CCC2(CCC2)C1. The third-order valence-corrected chi connectivity index (χ3v) is 5.08. The van der Waals surface area contributed by atoms with Gasteiger partial charge in [-0.15, -0.1) is 0 Å². The Morgan fingerprint density at radius 1 is 1.35 bits per heavy atom. The number of aromatic nitrogens is 1. The Hall–Kier alpha value is -1.99. The molecule has 2 fully saturated rings. The molecule has 0 unspecified atom stereocenters. The van der Waals surface area contributed by atoms with Crippen molar-refractivity contribution in [2.75, 3.05) is 26.2 Å². The van der Waals surface area contributed by atoms with E-state index in [1.54, 1.807) is 6.07 Å². The molecule has 0 aromatic carbocycles. The fourth-order valence-corrected chi connectivity index (χ4v) is 3.54. The molecule has 0 radical (unpaired) electrons. The number of aliphatic imine (C=N–C) groups is 1. The molecule has 5 nitrogen and oxygen atoms in total. The molecule has 1 aliphatic carbocycles. The highest BCUT2D eigenvalue weighted by atomic mass is 19.4. The van der Waals surface area contributed by atoms with Crippen LogP contribution >= 0.6 is 0 Å². The van der Waals surface area contributed by atoms with Crippen molar-refractivity contribution in [3.8, 4) is 5.88 Å². The van der Waals surface area contributed by atoms with Crippen molar-refractivity contribution in [3.63, 3.8) is 0 Å². The van der Waals surface area contributed by atoms with Crippen LogP contribution in [0.1, 0.15) is 38.2 Å². The largest absolute Gasteiger partial charge is 0.468 e. The van der Waals surface area contributed by atoms with Crippen LogP contribution in [-0.2, 0) is 6.54 Å². The van der Waals surface area contributed by atoms with E-state index >= 15 is 0 Å². The van der Waals surface area contributed by atoms with E-state index in [0.717, 1.165) is 31.2 Å². The fraction of sp³-hybridized carbons (Fsp3) is 0.667. The molecule has 1 spiro atoms. The van der Waals surface area contributed by atoms with Gasteiger partial charge in [-0.1, -0.05) is 12.5 Å². The smallest absolute Gasteiger partial charge is 0.422 e. The van der Waals surface area contributed by atoms with Gasteiger partial charge in [0.05, 0.1) is 6.54 Å². The summed E-state index contributed by atoms with van der Waals surface area (Å²) < 4.78 is 41.1. The number of hydrogen-bond acceptors (Lipinski definition) is 3. The molecule has 1 saturated carbocycles. The van der Waals surface area contributed by atoms with E-state index < -0.39 is 12.8 Å². The lowest BCUT2D eigenvalue weighted by Crippen LogP contribution is -2.42. The van der Waals surface area contributed by atoms with Gasteiger partial charge < -0.3 is 15.0 Å². The minimum absolute atomic E-state index is 0.0339. The van der Waals surface area contributed by atoms with Gasteiger partial charge in [0.1, 0.15) is 0 Å². The first-order valence-corrected chi connectivity index (χ1v) is 9.07. The number of hydrogen-bond donors (Lipinski definition) is 1. The predicted molar refractivity (Wildman–Crippen MR) is 93.1 cm³/mol. The van der Waals surface area contributed by atoms with Gasteiger partial charge in [0.15, 0.2) is 12.6 Å². The molecule has 144 valence electrons. The van der Waals surface area contributed by atoms with Gasteiger partial charge in [-0.05, 0) is 37.2 Å². The average Bonchev–Trinajstić information content (AvgIpc) is 3.03. The number of likely N-dealkylation sites (tertiary alicyclic amines) is 1. The van der Waals surface area contributed by atoms with Gasteiger partial charge in [-0.3, -0.25) is 0 Å². The van der Waals surface area contributed by atoms with Gasteiger partial charge in [-0.25, -0.2) is 9.98 Å².